The number of carboxylic acids is 1. The summed E-state index contributed by atoms with van der Waals surface area (Å²) in [6.07, 6.45) is 3.94. The quantitative estimate of drug-likeness (QED) is 0.803. The second-order valence-corrected chi connectivity index (χ2v) is 6.79. The molecule has 1 unspecified atom stereocenters. The van der Waals surface area contributed by atoms with E-state index >= 15 is 0 Å². The van der Waals surface area contributed by atoms with Crippen molar-refractivity contribution in [2.75, 3.05) is 26.0 Å². The number of nitrogens with zero attached hydrogens (tertiary/aromatic N) is 3. The number of carboxylic acid groups (broad SMARTS) is 1. The first-order chi connectivity index (χ1) is 9.86. The third-order valence-electron chi connectivity index (χ3n) is 3.13. The molecule has 9 heteroatoms. The molecular formula is C12H17N3O5S. The van der Waals surface area contributed by atoms with E-state index in [1.54, 1.807) is 0 Å². The standard InChI is InChI=1S/C12H17N3O5S/c1-21(18,19)15-4-5-20-11(8-15)10-7-13-6-9(14-10)2-3-12(16)17/h6-7,11H,2-5,8H2,1H3,(H,16,17). The molecule has 2 rings (SSSR count). The predicted molar refractivity (Wildman–Crippen MR) is 73.1 cm³/mol. The number of carbonyl (C=O) groups is 1. The number of aryl methyl sites for hydroxylation is 1. The summed E-state index contributed by atoms with van der Waals surface area (Å²) in [6, 6.07) is 0. The summed E-state index contributed by atoms with van der Waals surface area (Å²) in [5.74, 6) is -0.903. The highest BCUT2D eigenvalue weighted by Crippen LogP contribution is 2.21. The Morgan fingerprint density at radius 2 is 2.29 bits per heavy atom. The van der Waals surface area contributed by atoms with Gasteiger partial charge in [-0.25, -0.2) is 8.42 Å². The number of hydrogen-bond donors (Lipinski definition) is 1. The highest BCUT2D eigenvalue weighted by atomic mass is 32.2. The van der Waals surface area contributed by atoms with Gasteiger partial charge < -0.3 is 9.84 Å². The summed E-state index contributed by atoms with van der Waals surface area (Å²) in [4.78, 5) is 18.9. The van der Waals surface area contributed by atoms with Crippen molar-refractivity contribution in [1.82, 2.24) is 14.3 Å². The van der Waals surface area contributed by atoms with Crippen molar-refractivity contribution in [1.29, 1.82) is 0 Å². The number of ether oxygens (including phenoxy) is 1. The zero-order chi connectivity index (χ0) is 15.5. The Morgan fingerprint density at radius 3 is 2.95 bits per heavy atom. The van der Waals surface area contributed by atoms with Crippen LogP contribution in [0, 0.1) is 0 Å². The summed E-state index contributed by atoms with van der Waals surface area (Å²) >= 11 is 0. The smallest absolute Gasteiger partial charge is 0.303 e. The molecule has 0 aliphatic carbocycles. The second kappa shape index (κ2) is 6.46. The van der Waals surface area contributed by atoms with Crippen molar-refractivity contribution in [3.63, 3.8) is 0 Å². The molecule has 116 valence electrons. The Hall–Kier alpha value is -1.58. The molecule has 1 aliphatic rings. The lowest BCUT2D eigenvalue weighted by molar-refractivity contribution is -0.136. The van der Waals surface area contributed by atoms with E-state index in [-0.39, 0.29) is 19.4 Å². The van der Waals surface area contributed by atoms with E-state index in [4.69, 9.17) is 9.84 Å². The molecular weight excluding hydrogens is 298 g/mol. The molecule has 8 nitrogen and oxygen atoms in total. The molecule has 0 aromatic carbocycles. The Balaban J connectivity index is 2.10. The average Bonchev–Trinajstić information content (AvgIpc) is 2.45. The van der Waals surface area contributed by atoms with Gasteiger partial charge in [-0.2, -0.15) is 4.31 Å². The van der Waals surface area contributed by atoms with Crippen LogP contribution in [0.5, 0.6) is 0 Å². The third kappa shape index (κ3) is 4.45. The summed E-state index contributed by atoms with van der Waals surface area (Å²) in [5.41, 5.74) is 1.07. The highest BCUT2D eigenvalue weighted by molar-refractivity contribution is 7.88. The minimum absolute atomic E-state index is 0.0286. The van der Waals surface area contributed by atoms with Crippen LogP contribution in [0.4, 0.5) is 0 Å². The van der Waals surface area contributed by atoms with Crippen LogP contribution < -0.4 is 0 Å². The van der Waals surface area contributed by atoms with Crippen molar-refractivity contribution < 1.29 is 23.1 Å². The molecule has 1 N–H and O–H groups in total. The number of aliphatic carboxylic acids is 1. The van der Waals surface area contributed by atoms with Gasteiger partial charge >= 0.3 is 5.97 Å². The van der Waals surface area contributed by atoms with E-state index in [1.165, 1.54) is 16.7 Å². The van der Waals surface area contributed by atoms with Gasteiger partial charge in [0.1, 0.15) is 6.10 Å². The maximum absolute atomic E-state index is 11.6. The van der Waals surface area contributed by atoms with Crippen molar-refractivity contribution in [3.8, 4) is 0 Å². The Bertz CT molecular complexity index is 619. The first-order valence-electron chi connectivity index (χ1n) is 6.45. The maximum Gasteiger partial charge on any atom is 0.303 e. The van der Waals surface area contributed by atoms with Crippen LogP contribution in [0.1, 0.15) is 23.9 Å². The normalized spacial score (nSPS) is 20.3. The van der Waals surface area contributed by atoms with Crippen LogP contribution in [-0.4, -0.2) is 59.7 Å². The molecule has 1 aliphatic heterocycles. The van der Waals surface area contributed by atoms with Gasteiger partial charge in [0.15, 0.2) is 0 Å². The summed E-state index contributed by atoms with van der Waals surface area (Å²) in [5, 5.41) is 8.67. The molecule has 0 amide bonds. The largest absolute Gasteiger partial charge is 0.481 e. The first kappa shape index (κ1) is 15.8. The molecule has 1 aromatic heterocycles. The van der Waals surface area contributed by atoms with Gasteiger partial charge in [0, 0.05) is 25.7 Å². The summed E-state index contributed by atoms with van der Waals surface area (Å²) in [6.45, 7) is 0.802. The second-order valence-electron chi connectivity index (χ2n) is 4.81. The van der Waals surface area contributed by atoms with Gasteiger partial charge in [0.25, 0.3) is 0 Å². The molecule has 1 saturated heterocycles. The van der Waals surface area contributed by atoms with E-state index in [0.29, 0.717) is 24.5 Å². The van der Waals surface area contributed by atoms with Crippen LogP contribution in [0.15, 0.2) is 12.4 Å². The Kier molecular flexibility index (Phi) is 4.86. The van der Waals surface area contributed by atoms with Gasteiger partial charge in [0.2, 0.25) is 10.0 Å². The van der Waals surface area contributed by atoms with Crippen LogP contribution >= 0.6 is 0 Å². The van der Waals surface area contributed by atoms with E-state index in [1.807, 2.05) is 0 Å². The number of rotatable bonds is 5. The van der Waals surface area contributed by atoms with Crippen molar-refractivity contribution >= 4 is 16.0 Å². The highest BCUT2D eigenvalue weighted by Gasteiger charge is 2.28. The molecule has 21 heavy (non-hydrogen) atoms. The minimum atomic E-state index is -3.27. The number of aromatic nitrogens is 2. The average molecular weight is 315 g/mol. The number of sulfonamides is 1. The lowest BCUT2D eigenvalue weighted by atomic mass is 10.2. The van der Waals surface area contributed by atoms with Gasteiger partial charge in [-0.1, -0.05) is 0 Å². The first-order valence-corrected chi connectivity index (χ1v) is 8.30. The molecule has 1 aromatic rings. The Morgan fingerprint density at radius 1 is 1.52 bits per heavy atom. The van der Waals surface area contributed by atoms with Gasteiger partial charge in [0.05, 0.1) is 36.9 Å². The van der Waals surface area contributed by atoms with E-state index in [0.717, 1.165) is 6.26 Å². The van der Waals surface area contributed by atoms with Crippen LogP contribution in [-0.2, 0) is 26.0 Å². The molecule has 2 heterocycles. The SMILES string of the molecule is CS(=O)(=O)N1CCOC(c2cncc(CCC(=O)O)n2)C1. The summed E-state index contributed by atoms with van der Waals surface area (Å²) < 4.78 is 30.0. The molecule has 0 spiro atoms. The lowest BCUT2D eigenvalue weighted by Crippen LogP contribution is -2.41. The predicted octanol–water partition coefficient (Wildman–Crippen LogP) is -0.173. The maximum atomic E-state index is 11.6. The zero-order valence-corrected chi connectivity index (χ0v) is 12.4. The van der Waals surface area contributed by atoms with E-state index in [9.17, 15) is 13.2 Å². The molecule has 1 atom stereocenters. The Labute approximate surface area is 122 Å². The van der Waals surface area contributed by atoms with Crippen LogP contribution in [0.25, 0.3) is 0 Å². The fourth-order valence-corrected chi connectivity index (χ4v) is 2.85. The monoisotopic (exact) mass is 315 g/mol. The van der Waals surface area contributed by atoms with E-state index < -0.39 is 22.1 Å². The van der Waals surface area contributed by atoms with Gasteiger partial charge in [-0.05, 0) is 0 Å². The fourth-order valence-electron chi connectivity index (χ4n) is 2.04. The van der Waals surface area contributed by atoms with Crippen molar-refractivity contribution in [2.45, 2.75) is 18.9 Å². The molecule has 0 bridgehead atoms. The van der Waals surface area contributed by atoms with Gasteiger partial charge in [-0.15, -0.1) is 0 Å². The van der Waals surface area contributed by atoms with Crippen molar-refractivity contribution in [2.24, 2.45) is 0 Å². The van der Waals surface area contributed by atoms with Crippen LogP contribution in [0.3, 0.4) is 0 Å². The van der Waals surface area contributed by atoms with E-state index in [2.05, 4.69) is 9.97 Å². The molecule has 0 saturated carbocycles. The van der Waals surface area contributed by atoms with Gasteiger partial charge in [-0.3, -0.25) is 14.8 Å². The fraction of sp³-hybridized carbons (Fsp3) is 0.583. The summed E-state index contributed by atoms with van der Waals surface area (Å²) in [7, 11) is -3.27. The lowest BCUT2D eigenvalue weighted by Gasteiger charge is -2.30. The zero-order valence-electron chi connectivity index (χ0n) is 11.6. The van der Waals surface area contributed by atoms with Crippen molar-refractivity contribution in [3.05, 3.63) is 23.8 Å². The topological polar surface area (TPSA) is 110 Å². The molecule has 1 fully saturated rings. The minimum Gasteiger partial charge on any atom is -0.481 e. The third-order valence-corrected chi connectivity index (χ3v) is 4.40. The number of morpholine rings is 1. The molecule has 0 radical (unpaired) electrons. The number of hydrogen-bond acceptors (Lipinski definition) is 6. The van der Waals surface area contributed by atoms with Crippen LogP contribution in [0.2, 0.25) is 0 Å².